The number of nitrogens with two attached hydrogens (primary N) is 1. The molecular weight excluding hydrogens is 349 g/mol. The van der Waals surface area contributed by atoms with Crippen molar-refractivity contribution in [1.82, 2.24) is 0 Å². The third-order valence-electron chi connectivity index (χ3n) is 6.05. The van der Waals surface area contributed by atoms with Gasteiger partial charge in [0.05, 0.1) is 0 Å². The summed E-state index contributed by atoms with van der Waals surface area (Å²) >= 11 is 0. The number of hydrogen-bond donors (Lipinski definition) is 1. The molecule has 3 aromatic rings. The fraction of sp³-hybridized carbons (Fsp3) is 0.185. The maximum Gasteiger partial charge on any atom is 0.245 e. The number of rotatable bonds is 3. The van der Waals surface area contributed by atoms with E-state index in [0.717, 1.165) is 5.70 Å². The molecule has 0 unspecified atom stereocenters. The van der Waals surface area contributed by atoms with Crippen molar-refractivity contribution in [2.45, 2.75) is 34.6 Å². The van der Waals surface area contributed by atoms with E-state index in [-0.39, 0.29) is 6.71 Å². The van der Waals surface area contributed by atoms with Crippen LogP contribution in [0.25, 0.3) is 16.8 Å². The van der Waals surface area contributed by atoms with Gasteiger partial charge in [0.1, 0.15) is 0 Å². The highest BCUT2D eigenvalue weighted by molar-refractivity contribution is 6.94. The molecule has 2 N–H and O–H groups in total. The van der Waals surface area contributed by atoms with Crippen LogP contribution in [-0.2, 0) is 0 Å². The third-order valence-corrected chi connectivity index (χ3v) is 6.05. The highest BCUT2D eigenvalue weighted by atomic mass is 14.6. The van der Waals surface area contributed by atoms with E-state index in [1.165, 1.54) is 55.3 Å². The van der Waals surface area contributed by atoms with E-state index in [2.05, 4.69) is 101 Å². The minimum absolute atomic E-state index is 0.171. The highest BCUT2D eigenvalue weighted by Gasteiger charge is 2.36. The molecule has 1 nitrogen and oxygen atoms in total. The Bertz CT molecular complexity index is 1130. The molecule has 0 fully saturated rings. The van der Waals surface area contributed by atoms with Crippen molar-refractivity contribution in [2.75, 3.05) is 0 Å². The zero-order valence-corrected chi connectivity index (χ0v) is 18.0. The van der Waals surface area contributed by atoms with E-state index in [9.17, 15) is 0 Å². The van der Waals surface area contributed by atoms with Crippen molar-refractivity contribution >= 4 is 23.3 Å². The molecule has 0 saturated carbocycles. The summed E-state index contributed by atoms with van der Waals surface area (Å²) in [4.78, 5) is 0. The van der Waals surface area contributed by atoms with Crippen LogP contribution in [0, 0.1) is 27.7 Å². The second kappa shape index (κ2) is 7.44. The maximum absolute atomic E-state index is 6.75. The van der Waals surface area contributed by atoms with E-state index < -0.39 is 0 Å². The molecular formula is C27H28BN. The number of aryl methyl sites for hydroxylation is 4. The van der Waals surface area contributed by atoms with Crippen molar-refractivity contribution in [2.24, 2.45) is 5.73 Å². The maximum atomic E-state index is 6.75. The van der Waals surface area contributed by atoms with Crippen LogP contribution in [0.5, 0.6) is 0 Å². The van der Waals surface area contributed by atoms with Gasteiger partial charge in [0.15, 0.2) is 0 Å². The number of fused-ring (bicyclic) bond motifs is 1. The molecule has 0 atom stereocenters. The van der Waals surface area contributed by atoms with Gasteiger partial charge in [0.2, 0.25) is 6.71 Å². The lowest BCUT2D eigenvalue weighted by Gasteiger charge is -2.19. The summed E-state index contributed by atoms with van der Waals surface area (Å²) in [7, 11) is 0. The molecule has 1 aliphatic rings. The summed E-state index contributed by atoms with van der Waals surface area (Å²) in [5, 5.41) is 0. The summed E-state index contributed by atoms with van der Waals surface area (Å²) < 4.78 is 0. The SMILES string of the molecule is C/C=C\C1=C(N)c2c(C)cc(-c3ccccc3)cc2B1c1c(C)cc(C)cc1C. The van der Waals surface area contributed by atoms with E-state index >= 15 is 0 Å². The lowest BCUT2D eigenvalue weighted by atomic mass is 9.36. The average molecular weight is 377 g/mol. The number of hydrogen-bond acceptors (Lipinski definition) is 1. The molecule has 1 heterocycles. The van der Waals surface area contributed by atoms with E-state index in [1.54, 1.807) is 0 Å². The summed E-state index contributed by atoms with van der Waals surface area (Å²) in [6, 6.07) is 19.8. The van der Waals surface area contributed by atoms with Gasteiger partial charge in [-0.05, 0) is 62.3 Å². The van der Waals surface area contributed by atoms with Crippen LogP contribution in [0.2, 0.25) is 0 Å². The first-order chi connectivity index (χ1) is 13.9. The van der Waals surface area contributed by atoms with Crippen molar-refractivity contribution in [1.29, 1.82) is 0 Å². The summed E-state index contributed by atoms with van der Waals surface area (Å²) in [6.07, 6.45) is 4.30. The Morgan fingerprint density at radius 2 is 1.45 bits per heavy atom. The van der Waals surface area contributed by atoms with Gasteiger partial charge in [-0.15, -0.1) is 0 Å². The third kappa shape index (κ3) is 3.23. The fourth-order valence-electron chi connectivity index (χ4n) is 5.00. The molecule has 0 bridgehead atoms. The average Bonchev–Trinajstić information content (AvgIpc) is 2.95. The Kier molecular flexibility index (Phi) is 4.96. The van der Waals surface area contributed by atoms with Gasteiger partial charge >= 0.3 is 0 Å². The molecule has 0 radical (unpaired) electrons. The van der Waals surface area contributed by atoms with Gasteiger partial charge in [-0.3, -0.25) is 0 Å². The second-order valence-electron chi connectivity index (χ2n) is 8.24. The highest BCUT2D eigenvalue weighted by Crippen LogP contribution is 2.31. The lowest BCUT2D eigenvalue weighted by molar-refractivity contribution is 1.35. The van der Waals surface area contributed by atoms with Gasteiger partial charge in [0.25, 0.3) is 0 Å². The van der Waals surface area contributed by atoms with Crippen molar-refractivity contribution in [3.63, 3.8) is 0 Å². The monoisotopic (exact) mass is 377 g/mol. The van der Waals surface area contributed by atoms with Crippen LogP contribution < -0.4 is 16.7 Å². The quantitative estimate of drug-likeness (QED) is 0.639. The van der Waals surface area contributed by atoms with Gasteiger partial charge in [-0.25, -0.2) is 0 Å². The van der Waals surface area contributed by atoms with Crippen LogP contribution >= 0.6 is 0 Å². The van der Waals surface area contributed by atoms with E-state index in [4.69, 9.17) is 5.73 Å². The largest absolute Gasteiger partial charge is 0.399 e. The minimum atomic E-state index is 0.171. The van der Waals surface area contributed by atoms with Gasteiger partial charge < -0.3 is 5.73 Å². The summed E-state index contributed by atoms with van der Waals surface area (Å²) in [5.74, 6) is 0. The lowest BCUT2D eigenvalue weighted by Crippen LogP contribution is -2.45. The fourth-order valence-corrected chi connectivity index (χ4v) is 5.00. The molecule has 3 aromatic carbocycles. The van der Waals surface area contributed by atoms with Crippen LogP contribution in [0.4, 0.5) is 0 Å². The normalized spacial score (nSPS) is 13.5. The summed E-state index contributed by atoms with van der Waals surface area (Å²) in [5.41, 5.74) is 20.5. The zero-order chi connectivity index (χ0) is 20.7. The first kappa shape index (κ1) is 19.3. The van der Waals surface area contributed by atoms with Gasteiger partial charge in [-0.2, -0.15) is 0 Å². The molecule has 0 spiro atoms. The van der Waals surface area contributed by atoms with E-state index in [1.807, 2.05) is 0 Å². The van der Waals surface area contributed by atoms with Crippen molar-refractivity contribution < 1.29 is 0 Å². The van der Waals surface area contributed by atoms with Crippen molar-refractivity contribution in [3.8, 4) is 11.1 Å². The van der Waals surface area contributed by atoms with Crippen molar-refractivity contribution in [3.05, 3.63) is 100 Å². The number of allylic oxidation sites excluding steroid dienone is 3. The molecule has 144 valence electrons. The van der Waals surface area contributed by atoms with E-state index in [0.29, 0.717) is 0 Å². The van der Waals surface area contributed by atoms with Crippen LogP contribution in [-0.4, -0.2) is 6.71 Å². The Morgan fingerprint density at radius 1 is 0.793 bits per heavy atom. The van der Waals surface area contributed by atoms with Gasteiger partial charge in [0, 0.05) is 5.70 Å². The Morgan fingerprint density at radius 3 is 2.07 bits per heavy atom. The summed E-state index contributed by atoms with van der Waals surface area (Å²) in [6.45, 7) is 11.0. The molecule has 0 saturated heterocycles. The smallest absolute Gasteiger partial charge is 0.245 e. The molecule has 0 amide bonds. The van der Waals surface area contributed by atoms with Crippen LogP contribution in [0.3, 0.4) is 0 Å². The molecule has 1 aliphatic heterocycles. The van der Waals surface area contributed by atoms with Gasteiger partial charge in [-0.1, -0.05) is 94.4 Å². The molecule has 0 aliphatic carbocycles. The molecule has 0 aromatic heterocycles. The molecule has 29 heavy (non-hydrogen) atoms. The molecule has 2 heteroatoms. The topological polar surface area (TPSA) is 26.0 Å². The first-order valence-electron chi connectivity index (χ1n) is 10.3. The number of benzene rings is 3. The first-order valence-corrected chi connectivity index (χ1v) is 10.3. The second-order valence-corrected chi connectivity index (χ2v) is 8.24. The zero-order valence-electron chi connectivity index (χ0n) is 18.0. The Balaban J connectivity index is 2.01. The predicted octanol–water partition coefficient (Wildman–Crippen LogP) is 4.99. The van der Waals surface area contributed by atoms with Crippen LogP contribution in [0.15, 0.2) is 72.2 Å². The Labute approximate surface area is 175 Å². The Hall–Kier alpha value is -3.00. The minimum Gasteiger partial charge on any atom is -0.399 e. The van der Waals surface area contributed by atoms with Crippen LogP contribution in [0.1, 0.15) is 34.7 Å². The molecule has 4 rings (SSSR count). The standard InChI is InChI=1S/C27H28BN/c1-6-10-23-27(29)25-18(3)15-22(21-11-8-7-9-12-21)16-24(25)28(23)26-19(4)13-17(2)14-20(26)5/h6-16H,29H2,1-5H3/b10-6-. The predicted molar refractivity (Wildman–Crippen MR) is 128 cm³/mol.